The Balaban J connectivity index is 2.66. The highest BCUT2D eigenvalue weighted by Crippen LogP contribution is 1.98. The maximum absolute atomic E-state index is 11.3. The van der Waals surface area contributed by atoms with Crippen LogP contribution in [0.2, 0.25) is 0 Å². The van der Waals surface area contributed by atoms with Gasteiger partial charge in [-0.3, -0.25) is 9.78 Å². The lowest BCUT2D eigenvalue weighted by Gasteiger charge is -2.02. The molecule has 0 aliphatic rings. The van der Waals surface area contributed by atoms with E-state index in [0.29, 0.717) is 11.3 Å². The molecule has 1 aromatic rings. The third-order valence-electron chi connectivity index (χ3n) is 1.64. The minimum absolute atomic E-state index is 0.103. The monoisotopic (exact) mass is 209 g/mol. The van der Waals surface area contributed by atoms with Crippen molar-refractivity contribution < 1.29 is 15.1 Å². The zero-order chi connectivity index (χ0) is 11.1. The number of carbonyl (C=O) groups excluding carboxylic acids is 1. The van der Waals surface area contributed by atoms with E-state index < -0.39 is 0 Å². The molecule has 0 radical (unpaired) electrons. The second kappa shape index (κ2) is 5.71. The molecule has 3 N–H and O–H groups in total. The molecule has 0 fully saturated rings. The molecule has 0 bridgehead atoms. The van der Waals surface area contributed by atoms with Crippen molar-refractivity contribution in [1.82, 2.24) is 10.3 Å². The number of aliphatic hydroxyl groups excluding tert-OH is 1. The number of nitrogens with one attached hydrogen (secondary N) is 1. The van der Waals surface area contributed by atoms with E-state index >= 15 is 0 Å². The molecule has 1 heterocycles. The van der Waals surface area contributed by atoms with Gasteiger partial charge in [0.25, 0.3) is 5.91 Å². The topological polar surface area (TPSA) is 94.8 Å². The number of carbonyl (C=O) groups is 1. The summed E-state index contributed by atoms with van der Waals surface area (Å²) in [6.45, 7) is 0.104. The van der Waals surface area contributed by atoms with E-state index in [1.807, 2.05) is 0 Å². The summed E-state index contributed by atoms with van der Waals surface area (Å²) in [5.41, 5.74) is 0.842. The Morgan fingerprint density at radius 2 is 2.40 bits per heavy atom. The number of rotatable bonds is 4. The van der Waals surface area contributed by atoms with Gasteiger partial charge in [0.15, 0.2) is 0 Å². The van der Waals surface area contributed by atoms with Crippen molar-refractivity contribution in [3.05, 3.63) is 29.6 Å². The molecular weight excluding hydrogens is 198 g/mol. The van der Waals surface area contributed by atoms with Crippen LogP contribution in [0.3, 0.4) is 0 Å². The van der Waals surface area contributed by atoms with Crippen molar-refractivity contribution in [2.24, 2.45) is 5.16 Å². The molecule has 0 aliphatic heterocycles. The summed E-state index contributed by atoms with van der Waals surface area (Å²) < 4.78 is 0. The normalized spacial score (nSPS) is 10.5. The number of nitrogens with zero attached hydrogens (tertiary/aromatic N) is 2. The molecule has 6 nitrogen and oxygen atoms in total. The highest BCUT2D eigenvalue weighted by atomic mass is 16.4. The first-order valence-electron chi connectivity index (χ1n) is 4.30. The van der Waals surface area contributed by atoms with Gasteiger partial charge in [0.2, 0.25) is 0 Å². The molecule has 80 valence electrons. The lowest BCUT2D eigenvalue weighted by molar-refractivity contribution is 0.0944. The van der Waals surface area contributed by atoms with Crippen LogP contribution >= 0.6 is 0 Å². The number of aromatic nitrogens is 1. The second-order valence-corrected chi connectivity index (χ2v) is 2.70. The van der Waals surface area contributed by atoms with Gasteiger partial charge in [0.1, 0.15) is 0 Å². The van der Waals surface area contributed by atoms with Crippen LogP contribution in [0.5, 0.6) is 0 Å². The summed E-state index contributed by atoms with van der Waals surface area (Å²) in [7, 11) is 0. The molecule has 0 saturated carbocycles. The Morgan fingerprint density at radius 1 is 1.60 bits per heavy atom. The van der Waals surface area contributed by atoms with Gasteiger partial charge in [-0.05, 0) is 12.1 Å². The fourth-order valence-corrected chi connectivity index (χ4v) is 0.947. The van der Waals surface area contributed by atoms with Crippen molar-refractivity contribution >= 4 is 12.1 Å². The van der Waals surface area contributed by atoms with Crippen molar-refractivity contribution in [3.63, 3.8) is 0 Å². The second-order valence-electron chi connectivity index (χ2n) is 2.70. The van der Waals surface area contributed by atoms with Gasteiger partial charge >= 0.3 is 0 Å². The van der Waals surface area contributed by atoms with Gasteiger partial charge in [0.05, 0.1) is 24.1 Å². The van der Waals surface area contributed by atoms with E-state index in [2.05, 4.69) is 15.5 Å². The average Bonchev–Trinajstić information content (AvgIpc) is 2.27. The zero-order valence-electron chi connectivity index (χ0n) is 7.92. The van der Waals surface area contributed by atoms with Crippen LogP contribution in [0.15, 0.2) is 23.5 Å². The van der Waals surface area contributed by atoms with Crippen molar-refractivity contribution in [2.45, 2.75) is 0 Å². The van der Waals surface area contributed by atoms with Crippen LogP contribution in [-0.4, -0.2) is 40.6 Å². The van der Waals surface area contributed by atoms with Crippen molar-refractivity contribution in [1.29, 1.82) is 0 Å². The van der Waals surface area contributed by atoms with Crippen LogP contribution in [-0.2, 0) is 0 Å². The van der Waals surface area contributed by atoms with E-state index in [9.17, 15) is 4.79 Å². The lowest BCUT2D eigenvalue weighted by atomic mass is 10.2. The molecule has 15 heavy (non-hydrogen) atoms. The maximum Gasteiger partial charge on any atom is 0.252 e. The van der Waals surface area contributed by atoms with Crippen molar-refractivity contribution in [2.75, 3.05) is 13.2 Å². The van der Waals surface area contributed by atoms with Gasteiger partial charge < -0.3 is 15.6 Å². The van der Waals surface area contributed by atoms with Crippen molar-refractivity contribution in [3.8, 4) is 0 Å². The van der Waals surface area contributed by atoms with E-state index in [0.717, 1.165) is 6.21 Å². The first kappa shape index (κ1) is 11.1. The van der Waals surface area contributed by atoms with Crippen LogP contribution in [0.4, 0.5) is 0 Å². The minimum atomic E-state index is -0.302. The Morgan fingerprint density at radius 3 is 2.93 bits per heavy atom. The summed E-state index contributed by atoms with van der Waals surface area (Å²) in [5.74, 6) is -0.302. The minimum Gasteiger partial charge on any atom is -0.411 e. The molecule has 0 unspecified atom stereocenters. The summed E-state index contributed by atoms with van der Waals surface area (Å²) >= 11 is 0. The summed E-state index contributed by atoms with van der Waals surface area (Å²) in [6.07, 6.45) is 2.53. The third-order valence-corrected chi connectivity index (χ3v) is 1.64. The molecule has 0 aromatic carbocycles. The van der Waals surface area contributed by atoms with Crippen LogP contribution < -0.4 is 5.32 Å². The van der Waals surface area contributed by atoms with Gasteiger partial charge in [-0.1, -0.05) is 5.16 Å². The number of hydrogen-bond donors (Lipinski definition) is 3. The molecule has 0 saturated heterocycles. The average molecular weight is 209 g/mol. The predicted octanol–water partition coefficient (Wildman–Crippen LogP) is -0.388. The van der Waals surface area contributed by atoms with Gasteiger partial charge in [-0.2, -0.15) is 0 Å². The molecule has 6 heteroatoms. The SMILES string of the molecule is O=C(NCCO)c1ccc(/C=N/O)nc1. The number of oxime groups is 1. The van der Waals surface area contributed by atoms with Crippen LogP contribution in [0.1, 0.15) is 16.1 Å². The highest BCUT2D eigenvalue weighted by Gasteiger charge is 2.04. The van der Waals surface area contributed by atoms with Crippen LogP contribution in [0, 0.1) is 0 Å². The van der Waals surface area contributed by atoms with Gasteiger partial charge in [-0.15, -0.1) is 0 Å². The number of amides is 1. The number of hydrogen-bond acceptors (Lipinski definition) is 5. The smallest absolute Gasteiger partial charge is 0.252 e. The number of pyridine rings is 1. The Hall–Kier alpha value is -1.95. The summed E-state index contributed by atoms with van der Waals surface area (Å²) in [6, 6.07) is 3.10. The highest BCUT2D eigenvalue weighted by molar-refractivity contribution is 5.94. The maximum atomic E-state index is 11.3. The third kappa shape index (κ3) is 3.35. The van der Waals surface area contributed by atoms with Crippen LogP contribution in [0.25, 0.3) is 0 Å². The first-order valence-corrected chi connectivity index (χ1v) is 4.30. The quantitative estimate of drug-likeness (QED) is 0.357. The van der Waals surface area contributed by atoms with E-state index in [4.69, 9.17) is 10.3 Å². The molecule has 1 amide bonds. The first-order chi connectivity index (χ1) is 7.27. The Bertz CT molecular complexity index is 348. The summed E-state index contributed by atoms with van der Waals surface area (Å²) in [4.78, 5) is 15.2. The van der Waals surface area contributed by atoms with E-state index in [1.165, 1.54) is 6.20 Å². The summed E-state index contributed by atoms with van der Waals surface area (Å²) in [5, 5.41) is 22.0. The van der Waals surface area contributed by atoms with E-state index in [-0.39, 0.29) is 19.1 Å². The lowest BCUT2D eigenvalue weighted by Crippen LogP contribution is -2.26. The largest absolute Gasteiger partial charge is 0.411 e. The predicted molar refractivity (Wildman–Crippen MR) is 53.0 cm³/mol. The molecule has 1 aromatic heterocycles. The molecule has 0 spiro atoms. The fraction of sp³-hybridized carbons (Fsp3) is 0.222. The van der Waals surface area contributed by atoms with E-state index in [1.54, 1.807) is 12.1 Å². The van der Waals surface area contributed by atoms with Gasteiger partial charge in [-0.25, -0.2) is 0 Å². The fourth-order valence-electron chi connectivity index (χ4n) is 0.947. The molecular formula is C9H11N3O3. The van der Waals surface area contributed by atoms with Gasteiger partial charge in [0, 0.05) is 12.7 Å². The molecule has 0 atom stereocenters. The Labute approximate surface area is 86.3 Å². The molecule has 1 rings (SSSR count). The zero-order valence-corrected chi connectivity index (χ0v) is 7.92. The molecule has 0 aliphatic carbocycles. The standard InChI is InChI=1S/C9H11N3O3/c13-4-3-10-9(14)7-1-2-8(6-12-15)11-5-7/h1-2,5-6,13,15H,3-4H2,(H,10,14)/b12-6+. The number of aliphatic hydroxyl groups is 1. The Kier molecular flexibility index (Phi) is 4.24.